The fraction of sp³-hybridized carbons (Fsp3) is 0.294. The average molecular weight is 362 g/mol. The standard InChI is InChI=1S/C17H18N2O5S/c1-10(20)11-4-5-14(23-2)12(6-11)9-25-17-18-13(7-15(21)19-17)8-16(22)24-3/h4-7H,8-9H2,1-3H3,(H,18,19,21). The van der Waals surface area contributed by atoms with Crippen molar-refractivity contribution in [3.05, 3.63) is 51.4 Å². The van der Waals surface area contributed by atoms with Gasteiger partial charge in [-0.2, -0.15) is 0 Å². The van der Waals surface area contributed by atoms with Crippen molar-refractivity contribution < 1.29 is 19.1 Å². The molecule has 7 nitrogen and oxygen atoms in total. The van der Waals surface area contributed by atoms with Crippen LogP contribution in [0.25, 0.3) is 0 Å². The van der Waals surface area contributed by atoms with Gasteiger partial charge in [0.05, 0.1) is 26.3 Å². The first-order valence-electron chi connectivity index (χ1n) is 7.40. The monoisotopic (exact) mass is 362 g/mol. The number of aromatic amines is 1. The number of aromatic nitrogens is 2. The molecule has 1 aromatic carbocycles. The molecule has 0 radical (unpaired) electrons. The molecule has 0 spiro atoms. The maximum atomic E-state index is 11.7. The number of hydrogen-bond donors (Lipinski definition) is 1. The molecule has 2 rings (SSSR count). The third kappa shape index (κ3) is 5.18. The molecule has 25 heavy (non-hydrogen) atoms. The molecule has 2 aromatic rings. The minimum Gasteiger partial charge on any atom is -0.496 e. The molecule has 0 unspecified atom stereocenters. The lowest BCUT2D eigenvalue weighted by molar-refractivity contribution is -0.139. The Morgan fingerprint density at radius 3 is 2.64 bits per heavy atom. The van der Waals surface area contributed by atoms with E-state index in [-0.39, 0.29) is 17.8 Å². The van der Waals surface area contributed by atoms with Crippen molar-refractivity contribution in [2.24, 2.45) is 0 Å². The fourth-order valence-electron chi connectivity index (χ4n) is 2.12. The molecule has 0 aliphatic heterocycles. The van der Waals surface area contributed by atoms with Gasteiger partial charge in [0.15, 0.2) is 10.9 Å². The second-order valence-electron chi connectivity index (χ2n) is 5.17. The van der Waals surface area contributed by atoms with E-state index >= 15 is 0 Å². The number of benzene rings is 1. The van der Waals surface area contributed by atoms with Crippen molar-refractivity contribution >= 4 is 23.5 Å². The second-order valence-corrected chi connectivity index (χ2v) is 6.13. The first-order chi connectivity index (χ1) is 11.9. The van der Waals surface area contributed by atoms with Crippen LogP contribution in [0.4, 0.5) is 0 Å². The third-order valence-corrected chi connectivity index (χ3v) is 4.30. The van der Waals surface area contributed by atoms with Crippen LogP contribution >= 0.6 is 11.8 Å². The number of carbonyl (C=O) groups excluding carboxylic acids is 2. The Labute approximate surface area is 148 Å². The molecule has 0 aliphatic rings. The van der Waals surface area contributed by atoms with Crippen molar-refractivity contribution in [1.82, 2.24) is 9.97 Å². The number of rotatable bonds is 7. The predicted molar refractivity (Wildman–Crippen MR) is 93.1 cm³/mol. The molecule has 0 aliphatic carbocycles. The molecule has 0 saturated heterocycles. The van der Waals surface area contributed by atoms with Crippen molar-refractivity contribution in [3.63, 3.8) is 0 Å². The number of methoxy groups -OCH3 is 2. The lowest BCUT2D eigenvalue weighted by Gasteiger charge is -2.10. The third-order valence-electron chi connectivity index (χ3n) is 3.38. The fourth-order valence-corrected chi connectivity index (χ4v) is 2.99. The van der Waals surface area contributed by atoms with Gasteiger partial charge in [-0.15, -0.1) is 0 Å². The summed E-state index contributed by atoms with van der Waals surface area (Å²) >= 11 is 1.28. The molecule has 0 fully saturated rings. The quantitative estimate of drug-likeness (QED) is 0.348. The Hall–Kier alpha value is -2.61. The van der Waals surface area contributed by atoms with Crippen molar-refractivity contribution in [2.45, 2.75) is 24.3 Å². The van der Waals surface area contributed by atoms with E-state index in [1.807, 2.05) is 0 Å². The Morgan fingerprint density at radius 1 is 1.24 bits per heavy atom. The number of thioether (sulfide) groups is 1. The highest BCUT2D eigenvalue weighted by atomic mass is 32.2. The number of ketones is 1. The minimum atomic E-state index is -0.468. The molecule has 1 heterocycles. The highest BCUT2D eigenvalue weighted by Gasteiger charge is 2.11. The Kier molecular flexibility index (Phi) is 6.35. The van der Waals surface area contributed by atoms with Crippen LogP contribution in [0.5, 0.6) is 5.75 Å². The summed E-state index contributed by atoms with van der Waals surface area (Å²) in [6.07, 6.45) is -0.0723. The van der Waals surface area contributed by atoms with E-state index < -0.39 is 5.97 Å². The SMILES string of the molecule is COC(=O)Cc1cc(=O)[nH]c(SCc2cc(C(C)=O)ccc2OC)n1. The van der Waals surface area contributed by atoms with Gasteiger partial charge in [0.2, 0.25) is 0 Å². The summed E-state index contributed by atoms with van der Waals surface area (Å²) in [4.78, 5) is 41.5. The highest BCUT2D eigenvalue weighted by Crippen LogP contribution is 2.27. The maximum absolute atomic E-state index is 11.7. The van der Waals surface area contributed by atoms with Crippen LogP contribution in [0, 0.1) is 0 Å². The van der Waals surface area contributed by atoms with Gasteiger partial charge in [-0.05, 0) is 25.1 Å². The van der Waals surface area contributed by atoms with Crippen LogP contribution in [0.2, 0.25) is 0 Å². The molecule has 0 atom stereocenters. The number of nitrogens with one attached hydrogen (secondary N) is 1. The van der Waals surface area contributed by atoms with Gasteiger partial charge < -0.3 is 14.5 Å². The maximum Gasteiger partial charge on any atom is 0.311 e. The molecule has 0 amide bonds. The van der Waals surface area contributed by atoms with E-state index in [4.69, 9.17) is 4.74 Å². The molecule has 132 valence electrons. The van der Waals surface area contributed by atoms with E-state index in [0.717, 1.165) is 5.56 Å². The van der Waals surface area contributed by atoms with Crippen LogP contribution in [0.3, 0.4) is 0 Å². The summed E-state index contributed by atoms with van der Waals surface area (Å²) in [6, 6.07) is 6.45. The smallest absolute Gasteiger partial charge is 0.311 e. The average Bonchev–Trinajstić information content (AvgIpc) is 2.58. The van der Waals surface area contributed by atoms with Crippen LogP contribution in [-0.2, 0) is 21.7 Å². The first kappa shape index (κ1) is 18.7. The van der Waals surface area contributed by atoms with E-state index in [0.29, 0.717) is 27.9 Å². The first-order valence-corrected chi connectivity index (χ1v) is 8.39. The number of H-pyrrole nitrogens is 1. The van der Waals surface area contributed by atoms with Crippen LogP contribution in [-0.4, -0.2) is 35.9 Å². The van der Waals surface area contributed by atoms with Gasteiger partial charge in [0, 0.05) is 22.9 Å². The number of hydrogen-bond acceptors (Lipinski definition) is 7. The minimum absolute atomic E-state index is 0.0412. The summed E-state index contributed by atoms with van der Waals surface area (Å²) < 4.78 is 9.89. The zero-order valence-electron chi connectivity index (χ0n) is 14.1. The van der Waals surface area contributed by atoms with Gasteiger partial charge in [-0.1, -0.05) is 11.8 Å². The lowest BCUT2D eigenvalue weighted by Crippen LogP contribution is -2.13. The summed E-state index contributed by atoms with van der Waals surface area (Å²) in [5.74, 6) is 0.575. The Morgan fingerprint density at radius 2 is 2.00 bits per heavy atom. The normalized spacial score (nSPS) is 10.4. The molecular formula is C17H18N2O5S. The molecule has 0 saturated carbocycles. The molecular weight excluding hydrogens is 344 g/mol. The lowest BCUT2D eigenvalue weighted by atomic mass is 10.1. The number of nitrogens with zero attached hydrogens (tertiary/aromatic N) is 1. The van der Waals surface area contributed by atoms with Crippen molar-refractivity contribution in [3.8, 4) is 5.75 Å². The van der Waals surface area contributed by atoms with Gasteiger partial charge in [-0.3, -0.25) is 14.4 Å². The zero-order chi connectivity index (χ0) is 18.4. The number of carbonyl (C=O) groups is 2. The number of ether oxygens (including phenoxy) is 2. The van der Waals surface area contributed by atoms with Crippen LogP contribution in [0.1, 0.15) is 28.5 Å². The number of Topliss-reactive ketones (excluding diaryl/α,β-unsaturated/α-hetero) is 1. The summed E-state index contributed by atoms with van der Waals surface area (Å²) in [6.45, 7) is 1.49. The Balaban J connectivity index is 2.21. The van der Waals surface area contributed by atoms with Crippen molar-refractivity contribution in [1.29, 1.82) is 0 Å². The van der Waals surface area contributed by atoms with E-state index in [1.165, 1.54) is 31.9 Å². The van der Waals surface area contributed by atoms with Gasteiger partial charge in [-0.25, -0.2) is 4.98 Å². The van der Waals surface area contributed by atoms with Crippen LogP contribution in [0.15, 0.2) is 34.2 Å². The van der Waals surface area contributed by atoms with Crippen molar-refractivity contribution in [2.75, 3.05) is 14.2 Å². The Bertz CT molecular complexity index is 847. The van der Waals surface area contributed by atoms with E-state index in [1.54, 1.807) is 25.3 Å². The predicted octanol–water partition coefficient (Wildman–Crippen LogP) is 1.99. The highest BCUT2D eigenvalue weighted by molar-refractivity contribution is 7.98. The summed E-state index contributed by atoms with van der Waals surface area (Å²) in [5.41, 5.74) is 1.38. The summed E-state index contributed by atoms with van der Waals surface area (Å²) in [5, 5.41) is 0.377. The van der Waals surface area contributed by atoms with Gasteiger partial charge in [0.25, 0.3) is 5.56 Å². The van der Waals surface area contributed by atoms with E-state index in [2.05, 4.69) is 14.7 Å². The molecule has 8 heteroatoms. The largest absolute Gasteiger partial charge is 0.496 e. The topological polar surface area (TPSA) is 98.4 Å². The van der Waals surface area contributed by atoms with E-state index in [9.17, 15) is 14.4 Å². The second kappa shape index (κ2) is 8.48. The van der Waals surface area contributed by atoms with Gasteiger partial charge in [0.1, 0.15) is 5.75 Å². The summed E-state index contributed by atoms with van der Waals surface area (Å²) in [7, 11) is 2.83. The van der Waals surface area contributed by atoms with Gasteiger partial charge >= 0.3 is 5.97 Å². The molecule has 0 bridgehead atoms. The number of esters is 1. The zero-order valence-corrected chi connectivity index (χ0v) is 14.9. The molecule has 1 aromatic heterocycles. The molecule has 1 N–H and O–H groups in total. The van der Waals surface area contributed by atoms with Crippen LogP contribution < -0.4 is 10.3 Å².